The molecule has 2 rings (SSSR count). The monoisotopic (exact) mass is 332 g/mol. The zero-order valence-electron chi connectivity index (χ0n) is 12.6. The molecular weight excluding hydrogens is 316 g/mol. The second-order valence-corrected chi connectivity index (χ2v) is 5.24. The van der Waals surface area contributed by atoms with E-state index < -0.39 is 12.0 Å². The van der Waals surface area contributed by atoms with Gasteiger partial charge >= 0.3 is 12.0 Å². The fourth-order valence-electron chi connectivity index (χ4n) is 1.83. The SMILES string of the molecule is CCCOC(=O)c1cccc(NC(=O)Nc2ccc(Cl)cc2)c1. The van der Waals surface area contributed by atoms with E-state index in [0.717, 1.165) is 6.42 Å². The molecule has 2 amide bonds. The summed E-state index contributed by atoms with van der Waals surface area (Å²) < 4.78 is 5.06. The highest BCUT2D eigenvalue weighted by molar-refractivity contribution is 6.30. The first kappa shape index (κ1) is 16.8. The smallest absolute Gasteiger partial charge is 0.338 e. The fraction of sp³-hybridized carbons (Fsp3) is 0.176. The molecule has 0 radical (unpaired) electrons. The molecule has 120 valence electrons. The molecule has 6 heteroatoms. The quantitative estimate of drug-likeness (QED) is 0.789. The Kier molecular flexibility index (Phi) is 6.00. The van der Waals surface area contributed by atoms with Crippen LogP contribution in [0, 0.1) is 0 Å². The van der Waals surface area contributed by atoms with Crippen molar-refractivity contribution in [3.8, 4) is 0 Å². The lowest BCUT2D eigenvalue weighted by Gasteiger charge is -2.09. The Balaban J connectivity index is 1.98. The molecule has 0 heterocycles. The minimum atomic E-state index is -0.411. The highest BCUT2D eigenvalue weighted by atomic mass is 35.5. The van der Waals surface area contributed by atoms with E-state index >= 15 is 0 Å². The van der Waals surface area contributed by atoms with E-state index in [4.69, 9.17) is 16.3 Å². The van der Waals surface area contributed by atoms with Gasteiger partial charge in [0.1, 0.15) is 0 Å². The molecule has 23 heavy (non-hydrogen) atoms. The minimum Gasteiger partial charge on any atom is -0.462 e. The number of esters is 1. The van der Waals surface area contributed by atoms with Gasteiger partial charge in [-0.05, 0) is 48.9 Å². The Morgan fingerprint density at radius 1 is 1.04 bits per heavy atom. The van der Waals surface area contributed by atoms with Crippen molar-refractivity contribution in [2.75, 3.05) is 17.2 Å². The third-order valence-corrected chi connectivity index (χ3v) is 3.15. The number of urea groups is 1. The molecule has 0 aliphatic carbocycles. The van der Waals surface area contributed by atoms with E-state index in [1.807, 2.05) is 6.92 Å². The van der Waals surface area contributed by atoms with Crippen LogP contribution in [-0.2, 0) is 4.74 Å². The number of carbonyl (C=O) groups excluding carboxylic acids is 2. The largest absolute Gasteiger partial charge is 0.462 e. The molecule has 0 aliphatic heterocycles. The van der Waals surface area contributed by atoms with Crippen LogP contribution < -0.4 is 10.6 Å². The van der Waals surface area contributed by atoms with Crippen molar-refractivity contribution in [1.82, 2.24) is 0 Å². The van der Waals surface area contributed by atoms with Crippen LogP contribution in [0.1, 0.15) is 23.7 Å². The minimum absolute atomic E-state index is 0.369. The van der Waals surface area contributed by atoms with Crippen molar-refractivity contribution in [3.05, 3.63) is 59.1 Å². The first-order chi connectivity index (χ1) is 11.1. The second-order valence-electron chi connectivity index (χ2n) is 4.80. The molecule has 5 nitrogen and oxygen atoms in total. The number of anilines is 2. The van der Waals surface area contributed by atoms with E-state index in [1.54, 1.807) is 48.5 Å². The Morgan fingerprint density at radius 2 is 1.74 bits per heavy atom. The van der Waals surface area contributed by atoms with Crippen LogP contribution in [0.5, 0.6) is 0 Å². The molecule has 2 aromatic carbocycles. The number of hydrogen-bond donors (Lipinski definition) is 2. The van der Waals surface area contributed by atoms with Crippen molar-refractivity contribution >= 4 is 35.0 Å². The van der Waals surface area contributed by atoms with Crippen LogP contribution in [0.3, 0.4) is 0 Å². The summed E-state index contributed by atoms with van der Waals surface area (Å²) in [7, 11) is 0. The van der Waals surface area contributed by atoms with Crippen molar-refractivity contribution in [1.29, 1.82) is 0 Å². The third kappa shape index (κ3) is 5.30. The summed E-state index contributed by atoms with van der Waals surface area (Å²) >= 11 is 5.79. The lowest BCUT2D eigenvalue weighted by Crippen LogP contribution is -2.19. The van der Waals surface area contributed by atoms with Gasteiger partial charge in [-0.25, -0.2) is 9.59 Å². The van der Waals surface area contributed by atoms with Gasteiger partial charge in [-0.2, -0.15) is 0 Å². The summed E-state index contributed by atoms with van der Waals surface area (Å²) in [4.78, 5) is 23.8. The van der Waals surface area contributed by atoms with Crippen LogP contribution in [-0.4, -0.2) is 18.6 Å². The van der Waals surface area contributed by atoms with E-state index in [2.05, 4.69) is 10.6 Å². The molecule has 0 aliphatic rings. The summed E-state index contributed by atoms with van der Waals surface area (Å²) in [6.07, 6.45) is 0.757. The number of amides is 2. The number of benzene rings is 2. The highest BCUT2D eigenvalue weighted by Gasteiger charge is 2.09. The molecule has 0 fully saturated rings. The Hall–Kier alpha value is -2.53. The molecule has 0 saturated carbocycles. The molecule has 0 aromatic heterocycles. The summed E-state index contributed by atoms with van der Waals surface area (Å²) in [6.45, 7) is 2.29. The lowest BCUT2D eigenvalue weighted by molar-refractivity contribution is 0.0505. The van der Waals surface area contributed by atoms with Crippen LogP contribution in [0.2, 0.25) is 5.02 Å². The number of hydrogen-bond acceptors (Lipinski definition) is 3. The Labute approximate surface area is 139 Å². The molecule has 2 aromatic rings. The van der Waals surface area contributed by atoms with Crippen LogP contribution >= 0.6 is 11.6 Å². The van der Waals surface area contributed by atoms with Gasteiger partial charge in [-0.15, -0.1) is 0 Å². The first-order valence-electron chi connectivity index (χ1n) is 7.19. The standard InChI is InChI=1S/C17H17ClN2O3/c1-2-10-23-16(21)12-4-3-5-15(11-12)20-17(22)19-14-8-6-13(18)7-9-14/h3-9,11H,2,10H2,1H3,(H2,19,20,22). The highest BCUT2D eigenvalue weighted by Crippen LogP contribution is 2.15. The summed E-state index contributed by atoms with van der Waals surface area (Å²) in [6, 6.07) is 12.9. The number of ether oxygens (including phenoxy) is 1. The number of carbonyl (C=O) groups is 2. The van der Waals surface area contributed by atoms with Crippen LogP contribution in [0.4, 0.5) is 16.2 Å². The molecule has 0 saturated heterocycles. The fourth-order valence-corrected chi connectivity index (χ4v) is 1.95. The maximum atomic E-state index is 11.9. The van der Waals surface area contributed by atoms with Gasteiger partial charge in [-0.1, -0.05) is 24.6 Å². The maximum Gasteiger partial charge on any atom is 0.338 e. The second kappa shape index (κ2) is 8.19. The molecule has 0 unspecified atom stereocenters. The third-order valence-electron chi connectivity index (χ3n) is 2.90. The van der Waals surface area contributed by atoms with E-state index in [1.165, 1.54) is 0 Å². The number of halogens is 1. The van der Waals surface area contributed by atoms with E-state index in [9.17, 15) is 9.59 Å². The van der Waals surface area contributed by atoms with E-state index in [-0.39, 0.29) is 0 Å². The molecule has 0 bridgehead atoms. The predicted octanol–water partition coefficient (Wildman–Crippen LogP) is 4.55. The van der Waals surface area contributed by atoms with Crippen molar-refractivity contribution in [2.24, 2.45) is 0 Å². The predicted molar refractivity (Wildman–Crippen MR) is 91.1 cm³/mol. The zero-order valence-corrected chi connectivity index (χ0v) is 13.4. The summed E-state index contributed by atoms with van der Waals surface area (Å²) in [5, 5.41) is 5.93. The molecule has 0 atom stereocenters. The van der Waals surface area contributed by atoms with Crippen molar-refractivity contribution in [3.63, 3.8) is 0 Å². The average molecular weight is 333 g/mol. The Morgan fingerprint density at radius 3 is 2.43 bits per heavy atom. The Bertz CT molecular complexity index is 686. The normalized spacial score (nSPS) is 10.0. The number of nitrogens with one attached hydrogen (secondary N) is 2. The van der Waals surface area contributed by atoms with Crippen LogP contribution in [0.15, 0.2) is 48.5 Å². The first-order valence-corrected chi connectivity index (χ1v) is 7.57. The molecule has 2 N–H and O–H groups in total. The van der Waals surface area contributed by atoms with Crippen molar-refractivity contribution < 1.29 is 14.3 Å². The van der Waals surface area contributed by atoms with Gasteiger partial charge in [0, 0.05) is 16.4 Å². The number of rotatable bonds is 5. The van der Waals surface area contributed by atoms with Gasteiger partial charge in [0.2, 0.25) is 0 Å². The van der Waals surface area contributed by atoms with Crippen molar-refractivity contribution in [2.45, 2.75) is 13.3 Å². The van der Waals surface area contributed by atoms with Gasteiger partial charge < -0.3 is 15.4 Å². The summed E-state index contributed by atoms with van der Waals surface area (Å²) in [5.41, 5.74) is 1.51. The van der Waals surface area contributed by atoms with E-state index in [0.29, 0.717) is 28.6 Å². The van der Waals surface area contributed by atoms with Crippen LogP contribution in [0.25, 0.3) is 0 Å². The van der Waals surface area contributed by atoms with Gasteiger partial charge in [0.25, 0.3) is 0 Å². The lowest BCUT2D eigenvalue weighted by atomic mass is 10.2. The maximum absolute atomic E-state index is 11.9. The molecule has 0 spiro atoms. The van der Waals surface area contributed by atoms with Gasteiger partial charge in [-0.3, -0.25) is 0 Å². The zero-order chi connectivity index (χ0) is 16.7. The summed E-state index contributed by atoms with van der Waals surface area (Å²) in [5.74, 6) is -0.409. The topological polar surface area (TPSA) is 67.4 Å². The molecular formula is C17H17ClN2O3. The average Bonchev–Trinajstić information content (AvgIpc) is 2.55. The van der Waals surface area contributed by atoms with Gasteiger partial charge in [0.15, 0.2) is 0 Å². The van der Waals surface area contributed by atoms with Gasteiger partial charge in [0.05, 0.1) is 12.2 Å².